The Bertz CT molecular complexity index is 631. The van der Waals surface area contributed by atoms with Crippen LogP contribution in [0.1, 0.15) is 118 Å². The van der Waals surface area contributed by atoms with Gasteiger partial charge in [0, 0.05) is 32.2 Å². The van der Waals surface area contributed by atoms with E-state index in [0.717, 1.165) is 51.7 Å². The van der Waals surface area contributed by atoms with Crippen molar-refractivity contribution in [2.75, 3.05) is 26.2 Å². The summed E-state index contributed by atoms with van der Waals surface area (Å²) < 4.78 is 5.66. The van der Waals surface area contributed by atoms with Gasteiger partial charge in [-0.2, -0.15) is 19.6 Å². The molecule has 1 saturated heterocycles. The van der Waals surface area contributed by atoms with Crippen molar-refractivity contribution in [1.82, 2.24) is 10.2 Å². The van der Waals surface area contributed by atoms with Crippen LogP contribution in [0.5, 0.6) is 0 Å². The minimum Gasteiger partial charge on any atom is -0.446 e. The lowest BCUT2D eigenvalue weighted by Crippen LogP contribution is -2.54. The molecule has 3 aliphatic rings. The van der Waals surface area contributed by atoms with Gasteiger partial charge in [0.2, 0.25) is 11.6 Å². The van der Waals surface area contributed by atoms with E-state index in [-0.39, 0.29) is 17.6 Å². The van der Waals surface area contributed by atoms with Gasteiger partial charge in [-0.05, 0) is 75.9 Å². The normalized spacial score (nSPS) is 31.2. The Kier molecular flexibility index (Phi) is 11.3. The SMILES string of the molecule is CCCCN(CCCC)CCCNC(=O)OC1CCC2(CC1)OOC1(CCC(C(C)(C)C)CC1)OO2. The van der Waals surface area contributed by atoms with Crippen LogP contribution in [-0.2, 0) is 24.3 Å². The summed E-state index contributed by atoms with van der Waals surface area (Å²) >= 11 is 0. The molecule has 36 heavy (non-hydrogen) atoms. The van der Waals surface area contributed by atoms with Crippen LogP contribution in [-0.4, -0.2) is 54.9 Å². The van der Waals surface area contributed by atoms with E-state index in [1.807, 2.05) is 0 Å². The third-order valence-electron chi connectivity index (χ3n) is 8.21. The maximum Gasteiger partial charge on any atom is 0.407 e. The average Bonchev–Trinajstić information content (AvgIpc) is 2.86. The summed E-state index contributed by atoms with van der Waals surface area (Å²) in [6.07, 6.45) is 11.4. The van der Waals surface area contributed by atoms with Crippen LogP contribution in [0.2, 0.25) is 0 Å². The molecule has 1 heterocycles. The molecule has 2 spiro atoms. The van der Waals surface area contributed by atoms with Crippen molar-refractivity contribution >= 4 is 6.09 Å². The van der Waals surface area contributed by atoms with E-state index in [9.17, 15) is 4.79 Å². The highest BCUT2D eigenvalue weighted by atomic mass is 17.4. The monoisotopic (exact) mass is 512 g/mol. The number of nitrogens with one attached hydrogen (secondary N) is 1. The number of alkyl carbamates (subject to hydrolysis) is 1. The minimum absolute atomic E-state index is 0.147. The Morgan fingerprint density at radius 1 is 0.833 bits per heavy atom. The molecule has 3 rings (SSSR count). The van der Waals surface area contributed by atoms with Gasteiger partial charge >= 0.3 is 6.09 Å². The van der Waals surface area contributed by atoms with E-state index in [4.69, 9.17) is 24.3 Å². The number of ether oxygens (including phenoxy) is 1. The van der Waals surface area contributed by atoms with Gasteiger partial charge in [0.1, 0.15) is 6.10 Å². The van der Waals surface area contributed by atoms with Gasteiger partial charge in [-0.15, -0.1) is 0 Å². The lowest BCUT2D eigenvalue weighted by atomic mass is 9.71. The summed E-state index contributed by atoms with van der Waals surface area (Å²) in [5.74, 6) is -1.04. The number of amides is 1. The number of rotatable bonds is 11. The van der Waals surface area contributed by atoms with Crippen molar-refractivity contribution in [1.29, 1.82) is 0 Å². The summed E-state index contributed by atoms with van der Waals surface area (Å²) in [4.78, 5) is 38.1. The summed E-state index contributed by atoms with van der Waals surface area (Å²) in [5.41, 5.74) is 0.285. The van der Waals surface area contributed by atoms with Gasteiger partial charge in [0.05, 0.1) is 0 Å². The van der Waals surface area contributed by atoms with Gasteiger partial charge in [-0.25, -0.2) is 4.79 Å². The lowest BCUT2D eigenvalue weighted by molar-refractivity contribution is -0.663. The van der Waals surface area contributed by atoms with Crippen LogP contribution in [0.4, 0.5) is 4.79 Å². The first-order valence-corrected chi connectivity index (χ1v) is 14.6. The first-order chi connectivity index (χ1) is 17.2. The number of carbonyl (C=O) groups is 1. The third kappa shape index (κ3) is 8.83. The second-order valence-electron chi connectivity index (χ2n) is 12.2. The number of carbonyl (C=O) groups excluding carboxylic acids is 1. The smallest absolute Gasteiger partial charge is 0.407 e. The number of hydrogen-bond acceptors (Lipinski definition) is 7. The summed E-state index contributed by atoms with van der Waals surface area (Å²) in [7, 11) is 0. The van der Waals surface area contributed by atoms with Crippen LogP contribution < -0.4 is 5.32 Å². The van der Waals surface area contributed by atoms with Crippen LogP contribution in [0.15, 0.2) is 0 Å². The highest BCUT2D eigenvalue weighted by Gasteiger charge is 2.52. The Hall–Kier alpha value is -0.930. The number of nitrogens with zero attached hydrogens (tertiary/aromatic N) is 1. The molecule has 1 amide bonds. The summed E-state index contributed by atoms with van der Waals surface area (Å²) in [6.45, 7) is 15.2. The number of hydrogen-bond donors (Lipinski definition) is 1. The summed E-state index contributed by atoms with van der Waals surface area (Å²) in [5, 5.41) is 2.92. The van der Waals surface area contributed by atoms with Gasteiger partial charge in [0.25, 0.3) is 0 Å². The van der Waals surface area contributed by atoms with Gasteiger partial charge in [0.15, 0.2) is 0 Å². The van der Waals surface area contributed by atoms with Crippen LogP contribution in [0, 0.1) is 11.3 Å². The fourth-order valence-electron chi connectivity index (χ4n) is 5.52. The van der Waals surface area contributed by atoms with Crippen molar-refractivity contribution < 1.29 is 29.1 Å². The second-order valence-corrected chi connectivity index (χ2v) is 12.2. The van der Waals surface area contributed by atoms with Crippen molar-refractivity contribution in [2.24, 2.45) is 11.3 Å². The molecule has 3 fully saturated rings. The van der Waals surface area contributed by atoms with E-state index in [2.05, 4.69) is 44.8 Å². The maximum atomic E-state index is 12.3. The Balaban J connectivity index is 1.30. The molecule has 1 N–H and O–H groups in total. The van der Waals surface area contributed by atoms with E-state index in [0.29, 0.717) is 38.1 Å². The first-order valence-electron chi connectivity index (χ1n) is 14.6. The molecule has 0 unspecified atom stereocenters. The molecule has 0 bridgehead atoms. The van der Waals surface area contributed by atoms with E-state index in [1.165, 1.54) is 25.7 Å². The molecule has 0 aromatic rings. The molecule has 0 atom stereocenters. The second kappa shape index (κ2) is 13.7. The Morgan fingerprint density at radius 3 is 1.78 bits per heavy atom. The first kappa shape index (κ1) is 29.6. The number of unbranched alkanes of at least 4 members (excludes halogenated alkanes) is 2. The van der Waals surface area contributed by atoms with Crippen molar-refractivity contribution in [3.05, 3.63) is 0 Å². The molecule has 2 saturated carbocycles. The molecule has 0 radical (unpaired) electrons. The highest BCUT2D eigenvalue weighted by Crippen LogP contribution is 2.48. The standard InChI is InChI=1S/C28H52N2O6/c1-6-8-20-30(21-9-7-2)22-10-19-29-25(31)32-24-13-17-28(18-14-24)35-33-27(34-36-28)15-11-23(12-16-27)26(3,4)5/h23-24H,6-22H2,1-5H3,(H,29,31). The van der Waals surface area contributed by atoms with Crippen LogP contribution in [0.3, 0.4) is 0 Å². The molecule has 2 aliphatic carbocycles. The quantitative estimate of drug-likeness (QED) is 0.250. The summed E-state index contributed by atoms with van der Waals surface area (Å²) in [6, 6.07) is 0. The van der Waals surface area contributed by atoms with Crippen molar-refractivity contribution in [3.8, 4) is 0 Å². The molecule has 210 valence electrons. The molecular formula is C28H52N2O6. The lowest BCUT2D eigenvalue weighted by Gasteiger charge is -2.48. The molecule has 8 nitrogen and oxygen atoms in total. The Morgan fingerprint density at radius 2 is 1.31 bits per heavy atom. The maximum absolute atomic E-state index is 12.3. The molecule has 8 heteroatoms. The van der Waals surface area contributed by atoms with Crippen molar-refractivity contribution in [3.63, 3.8) is 0 Å². The van der Waals surface area contributed by atoms with Gasteiger partial charge in [-0.3, -0.25) is 0 Å². The van der Waals surface area contributed by atoms with E-state index >= 15 is 0 Å². The predicted octanol–water partition coefficient (Wildman–Crippen LogP) is 6.49. The molecular weight excluding hydrogens is 460 g/mol. The zero-order valence-corrected chi connectivity index (χ0v) is 23.6. The fraction of sp³-hybridized carbons (Fsp3) is 0.964. The largest absolute Gasteiger partial charge is 0.446 e. The van der Waals surface area contributed by atoms with Crippen LogP contribution in [0.25, 0.3) is 0 Å². The van der Waals surface area contributed by atoms with Crippen molar-refractivity contribution in [2.45, 2.75) is 136 Å². The predicted molar refractivity (Wildman–Crippen MR) is 139 cm³/mol. The molecule has 1 aliphatic heterocycles. The van der Waals surface area contributed by atoms with E-state index in [1.54, 1.807) is 0 Å². The highest BCUT2D eigenvalue weighted by molar-refractivity contribution is 5.67. The fourth-order valence-corrected chi connectivity index (χ4v) is 5.52. The third-order valence-corrected chi connectivity index (χ3v) is 8.21. The molecule has 0 aromatic carbocycles. The van der Waals surface area contributed by atoms with E-state index < -0.39 is 11.6 Å². The zero-order valence-electron chi connectivity index (χ0n) is 23.6. The topological polar surface area (TPSA) is 78.5 Å². The van der Waals surface area contributed by atoms with Crippen LogP contribution >= 0.6 is 0 Å². The van der Waals surface area contributed by atoms with Gasteiger partial charge < -0.3 is 15.0 Å². The average molecular weight is 513 g/mol. The molecule has 0 aromatic heterocycles. The minimum atomic E-state index is -0.900. The van der Waals surface area contributed by atoms with Gasteiger partial charge in [-0.1, -0.05) is 47.5 Å². The zero-order chi connectivity index (χ0) is 26.1. The Labute approximate surface area is 218 Å².